The Morgan fingerprint density at radius 1 is 1.58 bits per heavy atom. The molecule has 0 bridgehead atoms. The summed E-state index contributed by atoms with van der Waals surface area (Å²) in [6.45, 7) is 6.98. The Balaban J connectivity index is 2.91. The second-order valence-corrected chi connectivity index (χ2v) is 4.76. The highest BCUT2D eigenvalue weighted by Crippen LogP contribution is 2.28. The SMILES string of the molecule is CCCn1nc(C)c([N+](=O)[O-])c1NCC(C)CCO. The van der Waals surface area contributed by atoms with E-state index in [0.717, 1.165) is 6.42 Å². The number of hydrogen-bond acceptors (Lipinski definition) is 5. The fraction of sp³-hybridized carbons (Fsp3) is 0.750. The molecule has 7 nitrogen and oxygen atoms in total. The molecule has 0 spiro atoms. The summed E-state index contributed by atoms with van der Waals surface area (Å²) in [6.07, 6.45) is 1.53. The van der Waals surface area contributed by atoms with Crippen LogP contribution in [0.15, 0.2) is 0 Å². The van der Waals surface area contributed by atoms with Gasteiger partial charge in [0.2, 0.25) is 5.82 Å². The zero-order valence-electron chi connectivity index (χ0n) is 11.7. The second-order valence-electron chi connectivity index (χ2n) is 4.76. The van der Waals surface area contributed by atoms with Crippen molar-refractivity contribution in [2.24, 2.45) is 5.92 Å². The Hall–Kier alpha value is -1.63. The topological polar surface area (TPSA) is 93.2 Å². The van der Waals surface area contributed by atoms with E-state index < -0.39 is 4.92 Å². The third kappa shape index (κ3) is 3.92. The molecule has 1 aromatic rings. The average Bonchev–Trinajstić information content (AvgIpc) is 2.63. The Labute approximate surface area is 112 Å². The molecule has 0 saturated carbocycles. The standard InChI is InChI=1S/C12H22N4O3/c1-4-6-15-12(13-8-9(2)5-7-17)11(16(18)19)10(3)14-15/h9,13,17H,4-8H2,1-3H3. The maximum Gasteiger partial charge on any atom is 0.333 e. The third-order valence-corrected chi connectivity index (χ3v) is 2.95. The molecule has 19 heavy (non-hydrogen) atoms. The number of hydrogen-bond donors (Lipinski definition) is 2. The minimum Gasteiger partial charge on any atom is -0.396 e. The van der Waals surface area contributed by atoms with Crippen LogP contribution in [0.25, 0.3) is 0 Å². The molecule has 2 N–H and O–H groups in total. The first kappa shape index (κ1) is 15.4. The fourth-order valence-electron chi connectivity index (χ4n) is 1.93. The summed E-state index contributed by atoms with van der Waals surface area (Å²) < 4.78 is 1.65. The third-order valence-electron chi connectivity index (χ3n) is 2.95. The molecule has 7 heteroatoms. The first-order valence-electron chi connectivity index (χ1n) is 6.57. The smallest absolute Gasteiger partial charge is 0.333 e. The van der Waals surface area contributed by atoms with Crippen LogP contribution in [-0.2, 0) is 6.54 Å². The summed E-state index contributed by atoms with van der Waals surface area (Å²) in [5, 5.41) is 27.3. The summed E-state index contributed by atoms with van der Waals surface area (Å²) in [5.41, 5.74) is 0.473. The zero-order chi connectivity index (χ0) is 14.4. The number of nitrogens with one attached hydrogen (secondary N) is 1. The number of aliphatic hydroxyl groups is 1. The van der Waals surface area contributed by atoms with Gasteiger partial charge >= 0.3 is 5.69 Å². The monoisotopic (exact) mass is 270 g/mol. The van der Waals surface area contributed by atoms with Crippen molar-refractivity contribution < 1.29 is 10.0 Å². The van der Waals surface area contributed by atoms with Crippen LogP contribution < -0.4 is 5.32 Å². The summed E-state index contributed by atoms with van der Waals surface area (Å²) >= 11 is 0. The van der Waals surface area contributed by atoms with Crippen molar-refractivity contribution in [3.05, 3.63) is 15.8 Å². The lowest BCUT2D eigenvalue weighted by atomic mass is 10.1. The molecule has 1 aromatic heterocycles. The predicted molar refractivity (Wildman–Crippen MR) is 73.3 cm³/mol. The van der Waals surface area contributed by atoms with E-state index in [-0.39, 0.29) is 18.2 Å². The van der Waals surface area contributed by atoms with Crippen LogP contribution >= 0.6 is 0 Å². The minimum atomic E-state index is -0.395. The second kappa shape index (κ2) is 7.08. The van der Waals surface area contributed by atoms with Gasteiger partial charge in [0.25, 0.3) is 0 Å². The summed E-state index contributed by atoms with van der Waals surface area (Å²) in [5.74, 6) is 0.712. The van der Waals surface area contributed by atoms with Crippen molar-refractivity contribution in [2.45, 2.75) is 40.2 Å². The molecule has 108 valence electrons. The van der Waals surface area contributed by atoms with E-state index >= 15 is 0 Å². The van der Waals surface area contributed by atoms with Gasteiger partial charge in [0.1, 0.15) is 5.69 Å². The first-order chi connectivity index (χ1) is 9.01. The Morgan fingerprint density at radius 3 is 2.79 bits per heavy atom. The van der Waals surface area contributed by atoms with E-state index in [1.165, 1.54) is 0 Å². The van der Waals surface area contributed by atoms with Crippen molar-refractivity contribution in [2.75, 3.05) is 18.5 Å². The fourth-order valence-corrected chi connectivity index (χ4v) is 1.93. The van der Waals surface area contributed by atoms with Crippen LogP contribution in [0.5, 0.6) is 0 Å². The molecule has 0 saturated heterocycles. The van der Waals surface area contributed by atoms with Crippen LogP contribution in [0, 0.1) is 23.0 Å². The van der Waals surface area contributed by atoms with Crippen molar-refractivity contribution in [1.29, 1.82) is 0 Å². The molecule has 1 atom stereocenters. The van der Waals surface area contributed by atoms with E-state index in [4.69, 9.17) is 5.11 Å². The van der Waals surface area contributed by atoms with E-state index in [1.807, 2.05) is 13.8 Å². The van der Waals surface area contributed by atoms with Crippen LogP contribution in [0.1, 0.15) is 32.4 Å². The lowest BCUT2D eigenvalue weighted by Gasteiger charge is -2.13. The molecule has 0 amide bonds. The maximum atomic E-state index is 11.1. The lowest BCUT2D eigenvalue weighted by Crippen LogP contribution is -2.16. The van der Waals surface area contributed by atoms with Gasteiger partial charge in [-0.2, -0.15) is 5.10 Å². The normalized spacial score (nSPS) is 12.4. The maximum absolute atomic E-state index is 11.1. The highest BCUT2D eigenvalue weighted by atomic mass is 16.6. The molecular weight excluding hydrogens is 248 g/mol. The van der Waals surface area contributed by atoms with E-state index in [0.29, 0.717) is 31.0 Å². The van der Waals surface area contributed by atoms with Gasteiger partial charge in [0.05, 0.1) is 4.92 Å². The van der Waals surface area contributed by atoms with Crippen LogP contribution in [-0.4, -0.2) is 33.0 Å². The quantitative estimate of drug-likeness (QED) is 0.556. The first-order valence-corrected chi connectivity index (χ1v) is 6.57. The average molecular weight is 270 g/mol. The van der Waals surface area contributed by atoms with Crippen LogP contribution in [0.2, 0.25) is 0 Å². The number of aliphatic hydroxyl groups excluding tert-OH is 1. The predicted octanol–water partition coefficient (Wildman–Crippen LogP) is 1.94. The molecule has 0 aromatic carbocycles. The van der Waals surface area contributed by atoms with Crippen molar-refractivity contribution in [1.82, 2.24) is 9.78 Å². The largest absolute Gasteiger partial charge is 0.396 e. The van der Waals surface area contributed by atoms with Crippen molar-refractivity contribution >= 4 is 11.5 Å². The van der Waals surface area contributed by atoms with Crippen LogP contribution in [0.4, 0.5) is 11.5 Å². The summed E-state index contributed by atoms with van der Waals surface area (Å²) in [4.78, 5) is 10.7. The molecule has 0 radical (unpaired) electrons. The lowest BCUT2D eigenvalue weighted by molar-refractivity contribution is -0.384. The van der Waals surface area contributed by atoms with Gasteiger partial charge in [0.15, 0.2) is 0 Å². The molecule has 1 unspecified atom stereocenters. The number of rotatable bonds is 8. The Morgan fingerprint density at radius 2 is 2.26 bits per heavy atom. The van der Waals surface area contributed by atoms with Gasteiger partial charge < -0.3 is 10.4 Å². The molecule has 0 aliphatic carbocycles. The van der Waals surface area contributed by atoms with E-state index in [9.17, 15) is 10.1 Å². The van der Waals surface area contributed by atoms with Gasteiger partial charge in [0, 0.05) is 19.7 Å². The summed E-state index contributed by atoms with van der Waals surface area (Å²) in [7, 11) is 0. The van der Waals surface area contributed by atoms with Gasteiger partial charge in [-0.05, 0) is 25.7 Å². The number of aromatic nitrogens is 2. The molecule has 0 aliphatic heterocycles. The summed E-state index contributed by atoms with van der Waals surface area (Å²) in [6, 6.07) is 0. The van der Waals surface area contributed by atoms with Gasteiger partial charge in [-0.3, -0.25) is 10.1 Å². The number of nitrogens with zero attached hydrogens (tertiary/aromatic N) is 3. The molecular formula is C12H22N4O3. The highest BCUT2D eigenvalue weighted by Gasteiger charge is 2.25. The zero-order valence-corrected chi connectivity index (χ0v) is 11.7. The molecule has 0 aliphatic rings. The van der Waals surface area contributed by atoms with Gasteiger partial charge in [-0.25, -0.2) is 4.68 Å². The minimum absolute atomic E-state index is 0.0460. The Kier molecular flexibility index (Phi) is 5.75. The molecule has 1 rings (SSSR count). The van der Waals surface area contributed by atoms with E-state index in [2.05, 4.69) is 10.4 Å². The Bertz CT molecular complexity index is 431. The van der Waals surface area contributed by atoms with Crippen molar-refractivity contribution in [3.8, 4) is 0 Å². The van der Waals surface area contributed by atoms with Gasteiger partial charge in [-0.15, -0.1) is 0 Å². The number of aryl methyl sites for hydroxylation is 2. The molecule has 1 heterocycles. The number of nitro groups is 1. The number of anilines is 1. The van der Waals surface area contributed by atoms with Crippen molar-refractivity contribution in [3.63, 3.8) is 0 Å². The highest BCUT2D eigenvalue weighted by molar-refractivity contribution is 5.59. The van der Waals surface area contributed by atoms with E-state index in [1.54, 1.807) is 11.6 Å². The molecule has 0 fully saturated rings. The van der Waals surface area contributed by atoms with Gasteiger partial charge in [-0.1, -0.05) is 13.8 Å². The van der Waals surface area contributed by atoms with Crippen LogP contribution in [0.3, 0.4) is 0 Å².